The predicted molar refractivity (Wildman–Crippen MR) is 96.4 cm³/mol. The summed E-state index contributed by atoms with van der Waals surface area (Å²) in [6, 6.07) is 9.54. The molecule has 1 aliphatic rings. The predicted octanol–water partition coefficient (Wildman–Crippen LogP) is 2.71. The maximum absolute atomic E-state index is 12.2. The maximum atomic E-state index is 12.2. The van der Waals surface area contributed by atoms with Crippen molar-refractivity contribution in [1.29, 1.82) is 0 Å². The van der Waals surface area contributed by atoms with Crippen LogP contribution in [0.1, 0.15) is 24.2 Å². The molecule has 0 bridgehead atoms. The summed E-state index contributed by atoms with van der Waals surface area (Å²) in [5.74, 6) is -0.215. The van der Waals surface area contributed by atoms with Gasteiger partial charge >= 0.3 is 0 Å². The van der Waals surface area contributed by atoms with Crippen LogP contribution in [0.5, 0.6) is 0 Å². The Morgan fingerprint density at radius 3 is 2.48 bits per heavy atom. The molecule has 1 aromatic carbocycles. The highest BCUT2D eigenvalue weighted by Gasteiger charge is 2.24. The highest BCUT2D eigenvalue weighted by molar-refractivity contribution is 7.99. The number of nitrogens with zero attached hydrogens (tertiary/aromatic N) is 2. The van der Waals surface area contributed by atoms with Crippen LogP contribution in [0.2, 0.25) is 0 Å². The van der Waals surface area contributed by atoms with E-state index in [1.54, 1.807) is 0 Å². The van der Waals surface area contributed by atoms with Gasteiger partial charge in [-0.15, -0.1) is 0 Å². The van der Waals surface area contributed by atoms with Crippen molar-refractivity contribution in [2.45, 2.75) is 36.7 Å². The number of aryl methyl sites for hydroxylation is 2. The van der Waals surface area contributed by atoms with Gasteiger partial charge in [0.25, 0.3) is 0 Å². The first-order valence-corrected chi connectivity index (χ1v) is 8.99. The molecule has 0 saturated carbocycles. The fraction of sp³-hybridized carbons (Fsp3) is 0.333. The number of anilines is 1. The van der Waals surface area contributed by atoms with E-state index in [4.69, 9.17) is 0 Å². The Hall–Kier alpha value is -2.41. The molecule has 1 atom stereocenters. The molecule has 6 nitrogen and oxygen atoms in total. The zero-order chi connectivity index (χ0) is 17.8. The molecule has 1 aliphatic heterocycles. The van der Waals surface area contributed by atoms with E-state index in [2.05, 4.69) is 20.6 Å². The molecule has 2 heterocycles. The summed E-state index contributed by atoms with van der Waals surface area (Å²) in [5, 5.41) is 6.35. The van der Waals surface area contributed by atoms with Gasteiger partial charge in [-0.25, -0.2) is 9.97 Å². The van der Waals surface area contributed by atoms with Crippen LogP contribution in [0.3, 0.4) is 0 Å². The van der Waals surface area contributed by atoms with Crippen LogP contribution in [-0.2, 0) is 9.59 Å². The van der Waals surface area contributed by atoms with Crippen molar-refractivity contribution < 1.29 is 9.59 Å². The molecule has 2 amide bonds. The number of nitrogens with one attached hydrogen (secondary N) is 2. The number of carbonyl (C=O) groups is 2. The Morgan fingerprint density at radius 1 is 1.20 bits per heavy atom. The van der Waals surface area contributed by atoms with Gasteiger partial charge in [0.2, 0.25) is 11.8 Å². The average molecular weight is 356 g/mol. The largest absolute Gasteiger partial charge is 0.355 e. The van der Waals surface area contributed by atoms with Crippen molar-refractivity contribution in [2.75, 3.05) is 11.9 Å². The molecule has 3 rings (SSSR count). The van der Waals surface area contributed by atoms with Crippen molar-refractivity contribution in [2.24, 2.45) is 5.92 Å². The zero-order valence-electron chi connectivity index (χ0n) is 14.2. The number of carbonyl (C=O) groups excluding carboxylic acids is 2. The Bertz CT molecular complexity index is 762. The Kier molecular flexibility index (Phi) is 5.33. The number of amides is 2. The fourth-order valence-electron chi connectivity index (χ4n) is 2.65. The molecule has 1 saturated heterocycles. The van der Waals surface area contributed by atoms with Gasteiger partial charge in [0.1, 0.15) is 0 Å². The van der Waals surface area contributed by atoms with Crippen molar-refractivity contribution >= 4 is 29.3 Å². The monoisotopic (exact) mass is 356 g/mol. The smallest absolute Gasteiger partial charge is 0.229 e. The van der Waals surface area contributed by atoms with Crippen LogP contribution in [-0.4, -0.2) is 28.3 Å². The molecule has 0 spiro atoms. The summed E-state index contributed by atoms with van der Waals surface area (Å²) >= 11 is 1.49. The van der Waals surface area contributed by atoms with Gasteiger partial charge in [-0.3, -0.25) is 9.59 Å². The molecule has 2 aromatic rings. The van der Waals surface area contributed by atoms with E-state index in [9.17, 15) is 9.59 Å². The van der Waals surface area contributed by atoms with Gasteiger partial charge in [0, 0.05) is 34.9 Å². The van der Waals surface area contributed by atoms with Gasteiger partial charge in [0.05, 0.1) is 5.92 Å². The highest BCUT2D eigenvalue weighted by atomic mass is 32.2. The summed E-state index contributed by atoms with van der Waals surface area (Å²) in [6.07, 6.45) is 0.999. The molecule has 7 heteroatoms. The first-order valence-electron chi connectivity index (χ1n) is 8.17. The van der Waals surface area contributed by atoms with Gasteiger partial charge in [-0.2, -0.15) is 0 Å². The van der Waals surface area contributed by atoms with Gasteiger partial charge < -0.3 is 10.6 Å². The molecule has 0 unspecified atom stereocenters. The second kappa shape index (κ2) is 7.65. The first-order chi connectivity index (χ1) is 12.0. The summed E-state index contributed by atoms with van der Waals surface area (Å²) in [7, 11) is 0. The molecule has 0 aliphatic carbocycles. The standard InChI is InChI=1S/C18H20N4O2S/c1-11-9-12(2)21-18(20-11)25-15-6-4-14(5-7-15)22-17(24)13-3-8-16(23)19-10-13/h4-7,9,13H,3,8,10H2,1-2H3,(H,19,23)(H,22,24)/t13-/m0/s1. The van der Waals surface area contributed by atoms with E-state index in [0.717, 1.165) is 22.0 Å². The normalized spacial score (nSPS) is 17.0. The zero-order valence-corrected chi connectivity index (χ0v) is 15.0. The molecular formula is C18H20N4O2S. The second-order valence-electron chi connectivity index (χ2n) is 6.09. The number of benzene rings is 1. The maximum Gasteiger partial charge on any atom is 0.229 e. The van der Waals surface area contributed by atoms with Crippen molar-refractivity contribution in [3.05, 3.63) is 41.7 Å². The van der Waals surface area contributed by atoms with E-state index in [-0.39, 0.29) is 17.7 Å². The van der Waals surface area contributed by atoms with E-state index in [1.807, 2.05) is 44.2 Å². The van der Waals surface area contributed by atoms with Gasteiger partial charge in [0.15, 0.2) is 5.16 Å². The number of hydrogen-bond donors (Lipinski definition) is 2. The van der Waals surface area contributed by atoms with Crippen LogP contribution >= 0.6 is 11.8 Å². The average Bonchev–Trinajstić information content (AvgIpc) is 2.56. The minimum absolute atomic E-state index is 0.0130. The quantitative estimate of drug-likeness (QED) is 0.823. The molecule has 2 N–H and O–H groups in total. The molecule has 1 fully saturated rings. The lowest BCUT2D eigenvalue weighted by molar-refractivity contribution is -0.126. The van der Waals surface area contributed by atoms with Gasteiger partial charge in [-0.05, 0) is 62.4 Å². The van der Waals surface area contributed by atoms with Crippen LogP contribution in [0.25, 0.3) is 0 Å². The number of hydrogen-bond acceptors (Lipinski definition) is 5. The Balaban J connectivity index is 1.60. The summed E-state index contributed by atoms with van der Waals surface area (Å²) in [4.78, 5) is 33.2. The third-order valence-electron chi connectivity index (χ3n) is 3.93. The van der Waals surface area contributed by atoms with Crippen molar-refractivity contribution in [3.63, 3.8) is 0 Å². The molecule has 130 valence electrons. The van der Waals surface area contributed by atoms with E-state index < -0.39 is 0 Å². The Morgan fingerprint density at radius 2 is 1.88 bits per heavy atom. The lowest BCUT2D eigenvalue weighted by Crippen LogP contribution is -2.40. The molecule has 25 heavy (non-hydrogen) atoms. The van der Waals surface area contributed by atoms with Gasteiger partial charge in [-0.1, -0.05) is 0 Å². The first kappa shape index (κ1) is 17.4. The molecule has 0 radical (unpaired) electrons. The number of piperidine rings is 1. The molecule has 1 aromatic heterocycles. The van der Waals surface area contributed by atoms with Crippen LogP contribution < -0.4 is 10.6 Å². The second-order valence-corrected chi connectivity index (χ2v) is 7.13. The van der Waals surface area contributed by atoms with E-state index in [1.165, 1.54) is 11.8 Å². The van der Waals surface area contributed by atoms with Crippen molar-refractivity contribution in [3.8, 4) is 0 Å². The highest BCUT2D eigenvalue weighted by Crippen LogP contribution is 2.26. The lowest BCUT2D eigenvalue weighted by Gasteiger charge is -2.21. The van der Waals surface area contributed by atoms with Crippen LogP contribution in [0.15, 0.2) is 40.4 Å². The number of aromatic nitrogens is 2. The fourth-order valence-corrected chi connectivity index (χ4v) is 3.51. The molecular weight excluding hydrogens is 336 g/mol. The summed E-state index contributed by atoms with van der Waals surface area (Å²) < 4.78 is 0. The lowest BCUT2D eigenvalue weighted by atomic mass is 9.98. The third-order valence-corrected chi connectivity index (χ3v) is 4.80. The van der Waals surface area contributed by atoms with Crippen LogP contribution in [0, 0.1) is 19.8 Å². The Labute approximate surface area is 150 Å². The van der Waals surface area contributed by atoms with Crippen molar-refractivity contribution in [1.82, 2.24) is 15.3 Å². The topological polar surface area (TPSA) is 84.0 Å². The summed E-state index contributed by atoms with van der Waals surface area (Å²) in [5.41, 5.74) is 2.63. The number of rotatable bonds is 4. The minimum atomic E-state index is -0.171. The SMILES string of the molecule is Cc1cc(C)nc(Sc2ccc(NC(=O)[C@H]3CCC(=O)NC3)cc2)n1. The minimum Gasteiger partial charge on any atom is -0.355 e. The third kappa shape index (κ3) is 4.79. The van der Waals surface area contributed by atoms with E-state index in [0.29, 0.717) is 24.5 Å². The summed E-state index contributed by atoms with van der Waals surface area (Å²) in [6.45, 7) is 4.30. The van der Waals surface area contributed by atoms with Crippen LogP contribution in [0.4, 0.5) is 5.69 Å². The van der Waals surface area contributed by atoms with E-state index >= 15 is 0 Å².